The lowest BCUT2D eigenvalue weighted by Crippen LogP contribution is -1.98. The van der Waals surface area contributed by atoms with Crippen molar-refractivity contribution in [1.82, 2.24) is 9.78 Å². The van der Waals surface area contributed by atoms with Crippen LogP contribution in [0.5, 0.6) is 0 Å². The molecule has 0 saturated carbocycles. The molecule has 0 amide bonds. The minimum atomic E-state index is 0. The van der Waals surface area contributed by atoms with Crippen molar-refractivity contribution in [3.8, 4) is 5.69 Å². The number of hydrogen-bond acceptors (Lipinski definition) is 2. The first kappa shape index (κ1) is 10.8. The molecule has 0 aliphatic heterocycles. The van der Waals surface area contributed by atoms with Gasteiger partial charge in [-0.15, -0.1) is 12.4 Å². The van der Waals surface area contributed by atoms with Crippen molar-refractivity contribution in [1.29, 1.82) is 0 Å². The standard InChI is InChI=1S/C10H11N3.ClH/c11-8-9-2-4-10(5-3-9)13-7-1-6-12-13;/h1-7H,8,11H2;1H. The third kappa shape index (κ3) is 2.13. The van der Waals surface area contributed by atoms with E-state index in [2.05, 4.69) is 5.10 Å². The Labute approximate surface area is 89.0 Å². The van der Waals surface area contributed by atoms with E-state index < -0.39 is 0 Å². The summed E-state index contributed by atoms with van der Waals surface area (Å²) in [6.45, 7) is 0.583. The maximum absolute atomic E-state index is 5.50. The normalized spacial score (nSPS) is 9.50. The van der Waals surface area contributed by atoms with Crippen LogP contribution in [0.4, 0.5) is 0 Å². The second-order valence-electron chi connectivity index (χ2n) is 2.82. The van der Waals surface area contributed by atoms with E-state index in [-0.39, 0.29) is 12.4 Å². The van der Waals surface area contributed by atoms with Crippen LogP contribution >= 0.6 is 12.4 Å². The predicted octanol–water partition coefficient (Wildman–Crippen LogP) is 1.75. The third-order valence-corrected chi connectivity index (χ3v) is 1.94. The lowest BCUT2D eigenvalue weighted by atomic mass is 10.2. The second kappa shape index (κ2) is 4.79. The number of aromatic nitrogens is 2. The minimum Gasteiger partial charge on any atom is -0.326 e. The number of halogens is 1. The fourth-order valence-electron chi connectivity index (χ4n) is 1.21. The van der Waals surface area contributed by atoms with Gasteiger partial charge in [0.25, 0.3) is 0 Å². The Morgan fingerprint density at radius 3 is 2.43 bits per heavy atom. The van der Waals surface area contributed by atoms with Crippen LogP contribution in [-0.4, -0.2) is 9.78 Å². The molecule has 0 spiro atoms. The van der Waals surface area contributed by atoms with Crippen LogP contribution in [0.2, 0.25) is 0 Å². The summed E-state index contributed by atoms with van der Waals surface area (Å²) in [5.41, 5.74) is 7.69. The number of nitrogens with two attached hydrogens (primary N) is 1. The van der Waals surface area contributed by atoms with Gasteiger partial charge in [-0.05, 0) is 23.8 Å². The highest BCUT2D eigenvalue weighted by molar-refractivity contribution is 5.85. The molecule has 0 saturated heterocycles. The van der Waals surface area contributed by atoms with Crippen LogP contribution in [0.25, 0.3) is 5.69 Å². The SMILES string of the molecule is Cl.NCc1ccc(-n2cccn2)cc1. The summed E-state index contributed by atoms with van der Waals surface area (Å²) < 4.78 is 1.82. The van der Waals surface area contributed by atoms with E-state index in [1.807, 2.05) is 41.2 Å². The molecule has 2 N–H and O–H groups in total. The second-order valence-corrected chi connectivity index (χ2v) is 2.82. The van der Waals surface area contributed by atoms with Gasteiger partial charge < -0.3 is 5.73 Å². The summed E-state index contributed by atoms with van der Waals surface area (Å²) in [5, 5.41) is 4.13. The van der Waals surface area contributed by atoms with Gasteiger partial charge in [-0.1, -0.05) is 12.1 Å². The summed E-state index contributed by atoms with van der Waals surface area (Å²) in [5.74, 6) is 0. The Balaban J connectivity index is 0.000000980. The van der Waals surface area contributed by atoms with Gasteiger partial charge in [0.2, 0.25) is 0 Å². The maximum atomic E-state index is 5.50. The molecule has 0 fully saturated rings. The van der Waals surface area contributed by atoms with Crippen LogP contribution in [0.3, 0.4) is 0 Å². The van der Waals surface area contributed by atoms with Crippen LogP contribution in [-0.2, 0) is 6.54 Å². The monoisotopic (exact) mass is 209 g/mol. The van der Waals surface area contributed by atoms with Crippen molar-refractivity contribution >= 4 is 12.4 Å². The molecule has 0 atom stereocenters. The smallest absolute Gasteiger partial charge is 0.0645 e. The molecule has 4 heteroatoms. The van der Waals surface area contributed by atoms with E-state index in [1.54, 1.807) is 6.20 Å². The van der Waals surface area contributed by atoms with Crippen molar-refractivity contribution < 1.29 is 0 Å². The minimum absolute atomic E-state index is 0. The highest BCUT2D eigenvalue weighted by Crippen LogP contribution is 2.07. The lowest BCUT2D eigenvalue weighted by Gasteiger charge is -2.01. The molecule has 0 bridgehead atoms. The van der Waals surface area contributed by atoms with Crippen molar-refractivity contribution in [3.05, 3.63) is 48.3 Å². The van der Waals surface area contributed by atoms with Crippen molar-refractivity contribution in [2.75, 3.05) is 0 Å². The van der Waals surface area contributed by atoms with Gasteiger partial charge >= 0.3 is 0 Å². The molecular weight excluding hydrogens is 198 g/mol. The van der Waals surface area contributed by atoms with E-state index in [9.17, 15) is 0 Å². The largest absolute Gasteiger partial charge is 0.326 e. The molecule has 1 aromatic heterocycles. The Kier molecular flexibility index (Phi) is 3.68. The Morgan fingerprint density at radius 1 is 1.21 bits per heavy atom. The van der Waals surface area contributed by atoms with Gasteiger partial charge in [-0.3, -0.25) is 0 Å². The number of benzene rings is 1. The van der Waals surface area contributed by atoms with E-state index in [0.717, 1.165) is 11.3 Å². The zero-order chi connectivity index (χ0) is 9.10. The average Bonchev–Trinajstić information content (AvgIpc) is 2.71. The molecule has 74 valence electrons. The summed E-state index contributed by atoms with van der Waals surface area (Å²) in [4.78, 5) is 0. The van der Waals surface area contributed by atoms with E-state index in [1.165, 1.54) is 0 Å². The predicted molar refractivity (Wildman–Crippen MR) is 58.7 cm³/mol. The van der Waals surface area contributed by atoms with Crippen molar-refractivity contribution in [3.63, 3.8) is 0 Å². The van der Waals surface area contributed by atoms with Gasteiger partial charge in [-0.2, -0.15) is 5.10 Å². The van der Waals surface area contributed by atoms with Crippen LogP contribution in [0.1, 0.15) is 5.56 Å². The highest BCUT2D eigenvalue weighted by Gasteiger charge is 1.94. The zero-order valence-corrected chi connectivity index (χ0v) is 8.45. The summed E-state index contributed by atoms with van der Waals surface area (Å²) in [6.07, 6.45) is 3.67. The molecule has 0 aliphatic carbocycles. The molecule has 0 unspecified atom stereocenters. The average molecular weight is 210 g/mol. The molecule has 14 heavy (non-hydrogen) atoms. The van der Waals surface area contributed by atoms with Gasteiger partial charge in [-0.25, -0.2) is 4.68 Å². The highest BCUT2D eigenvalue weighted by atomic mass is 35.5. The fourth-order valence-corrected chi connectivity index (χ4v) is 1.21. The molecule has 3 nitrogen and oxygen atoms in total. The van der Waals surface area contributed by atoms with E-state index in [0.29, 0.717) is 6.54 Å². The Hall–Kier alpha value is -1.32. The number of rotatable bonds is 2. The summed E-state index contributed by atoms with van der Waals surface area (Å²) in [6, 6.07) is 9.94. The number of hydrogen-bond donors (Lipinski definition) is 1. The first-order valence-corrected chi connectivity index (χ1v) is 4.19. The van der Waals surface area contributed by atoms with Crippen molar-refractivity contribution in [2.45, 2.75) is 6.54 Å². The first-order chi connectivity index (χ1) is 6.40. The van der Waals surface area contributed by atoms with E-state index in [4.69, 9.17) is 5.73 Å². The molecule has 2 aromatic rings. The quantitative estimate of drug-likeness (QED) is 0.819. The van der Waals surface area contributed by atoms with Gasteiger partial charge in [0.15, 0.2) is 0 Å². The molecule has 0 aliphatic rings. The topological polar surface area (TPSA) is 43.8 Å². The molecule has 1 heterocycles. The van der Waals surface area contributed by atoms with Crippen LogP contribution in [0, 0.1) is 0 Å². The van der Waals surface area contributed by atoms with Crippen LogP contribution in [0.15, 0.2) is 42.7 Å². The third-order valence-electron chi connectivity index (χ3n) is 1.94. The summed E-state index contributed by atoms with van der Waals surface area (Å²) >= 11 is 0. The molecule has 1 aromatic carbocycles. The Morgan fingerprint density at radius 2 is 1.93 bits per heavy atom. The van der Waals surface area contributed by atoms with Gasteiger partial charge in [0.1, 0.15) is 0 Å². The first-order valence-electron chi connectivity index (χ1n) is 4.19. The van der Waals surface area contributed by atoms with Crippen molar-refractivity contribution in [2.24, 2.45) is 5.73 Å². The molecule has 0 radical (unpaired) electrons. The van der Waals surface area contributed by atoms with Gasteiger partial charge in [0.05, 0.1) is 5.69 Å². The van der Waals surface area contributed by atoms with Gasteiger partial charge in [0, 0.05) is 18.9 Å². The fraction of sp³-hybridized carbons (Fsp3) is 0.100. The zero-order valence-electron chi connectivity index (χ0n) is 7.63. The Bertz CT molecular complexity index is 367. The summed E-state index contributed by atoms with van der Waals surface area (Å²) in [7, 11) is 0. The van der Waals surface area contributed by atoms with E-state index >= 15 is 0 Å². The number of nitrogens with zero attached hydrogens (tertiary/aromatic N) is 2. The van der Waals surface area contributed by atoms with Crippen LogP contribution < -0.4 is 5.73 Å². The molecular formula is C10H12ClN3. The maximum Gasteiger partial charge on any atom is 0.0645 e. The lowest BCUT2D eigenvalue weighted by molar-refractivity contribution is 0.878. The molecule has 2 rings (SSSR count).